The van der Waals surface area contributed by atoms with Crippen molar-refractivity contribution in [2.24, 2.45) is 5.73 Å². The van der Waals surface area contributed by atoms with Crippen LogP contribution in [0, 0.1) is 0 Å². The maximum atomic E-state index is 12.3. The molecule has 8 heteroatoms. The standard InChI is InChI=1S/C18H16Br2N2O3S/c1-25-16-9(7-10(19)8-12(16)20)5-6-14(23)22-18-15(17(21)24)11-3-2-4-13(11)26-18/h5-8H,2-4H2,1H3,(H2,21,24)(H,22,23)/b6-5+. The Kier molecular flexibility index (Phi) is 5.84. The van der Waals surface area contributed by atoms with Crippen LogP contribution in [0.1, 0.15) is 32.8 Å². The second-order valence-electron chi connectivity index (χ2n) is 5.76. The van der Waals surface area contributed by atoms with Gasteiger partial charge in [0.25, 0.3) is 5.91 Å². The molecule has 1 aromatic heterocycles. The predicted molar refractivity (Wildman–Crippen MR) is 111 cm³/mol. The zero-order chi connectivity index (χ0) is 18.8. The minimum Gasteiger partial charge on any atom is -0.495 e. The molecule has 0 saturated heterocycles. The lowest BCUT2D eigenvalue weighted by Gasteiger charge is -2.08. The van der Waals surface area contributed by atoms with Crippen molar-refractivity contribution in [2.45, 2.75) is 19.3 Å². The summed E-state index contributed by atoms with van der Waals surface area (Å²) in [5.74, 6) is -0.197. The Hall–Kier alpha value is -1.64. The molecule has 1 heterocycles. The second kappa shape index (κ2) is 7.94. The zero-order valence-corrected chi connectivity index (χ0v) is 17.9. The van der Waals surface area contributed by atoms with Crippen LogP contribution in [0.4, 0.5) is 5.00 Å². The normalized spacial score (nSPS) is 13.0. The van der Waals surface area contributed by atoms with Gasteiger partial charge in [-0.25, -0.2) is 0 Å². The number of hydrogen-bond donors (Lipinski definition) is 2. The Balaban J connectivity index is 1.83. The topological polar surface area (TPSA) is 81.4 Å². The van der Waals surface area contributed by atoms with E-state index in [1.807, 2.05) is 12.1 Å². The van der Waals surface area contributed by atoms with Gasteiger partial charge >= 0.3 is 0 Å². The molecule has 1 aliphatic carbocycles. The Morgan fingerprint density at radius 3 is 2.77 bits per heavy atom. The van der Waals surface area contributed by atoms with Crippen LogP contribution in [0.15, 0.2) is 27.2 Å². The molecule has 2 amide bonds. The fourth-order valence-electron chi connectivity index (χ4n) is 2.99. The first-order valence-corrected chi connectivity index (χ1v) is 10.3. The SMILES string of the molecule is COc1c(Br)cc(Br)cc1/C=C/C(=O)Nc1sc2c(c1C(N)=O)CCC2. The molecule has 5 nitrogen and oxygen atoms in total. The van der Waals surface area contributed by atoms with Crippen molar-refractivity contribution >= 4 is 66.1 Å². The molecule has 3 N–H and O–H groups in total. The van der Waals surface area contributed by atoms with Crippen molar-refractivity contribution in [3.63, 3.8) is 0 Å². The van der Waals surface area contributed by atoms with E-state index in [2.05, 4.69) is 37.2 Å². The van der Waals surface area contributed by atoms with E-state index in [9.17, 15) is 9.59 Å². The number of nitrogens with two attached hydrogens (primary N) is 1. The number of amides is 2. The van der Waals surface area contributed by atoms with E-state index >= 15 is 0 Å². The molecular weight excluding hydrogens is 484 g/mol. The van der Waals surface area contributed by atoms with Gasteiger partial charge in [-0.3, -0.25) is 9.59 Å². The summed E-state index contributed by atoms with van der Waals surface area (Å²) in [5, 5.41) is 3.31. The summed E-state index contributed by atoms with van der Waals surface area (Å²) < 4.78 is 7.00. The number of rotatable bonds is 5. The van der Waals surface area contributed by atoms with Crippen molar-refractivity contribution < 1.29 is 14.3 Å². The molecule has 0 aliphatic heterocycles. The number of carbonyl (C=O) groups excluding carboxylic acids is 2. The van der Waals surface area contributed by atoms with Gasteiger partial charge in [-0.15, -0.1) is 11.3 Å². The fourth-order valence-corrected chi connectivity index (χ4v) is 5.71. The number of benzene rings is 1. The van der Waals surface area contributed by atoms with Crippen LogP contribution in [0.3, 0.4) is 0 Å². The van der Waals surface area contributed by atoms with Gasteiger partial charge in [-0.05, 0) is 59.0 Å². The summed E-state index contributed by atoms with van der Waals surface area (Å²) in [6, 6.07) is 3.71. The van der Waals surface area contributed by atoms with Crippen LogP contribution in [0.2, 0.25) is 0 Å². The van der Waals surface area contributed by atoms with Gasteiger partial charge in [0.1, 0.15) is 10.8 Å². The van der Waals surface area contributed by atoms with Gasteiger partial charge in [0, 0.05) is 21.0 Å². The smallest absolute Gasteiger partial charge is 0.251 e. The first-order valence-electron chi connectivity index (χ1n) is 7.87. The van der Waals surface area contributed by atoms with Gasteiger partial charge in [0.05, 0.1) is 17.1 Å². The molecular formula is C18H16Br2N2O3S. The molecule has 1 aliphatic rings. The highest BCUT2D eigenvalue weighted by Crippen LogP contribution is 2.39. The summed E-state index contributed by atoms with van der Waals surface area (Å²) in [6.45, 7) is 0. The van der Waals surface area contributed by atoms with E-state index in [-0.39, 0.29) is 5.91 Å². The molecule has 0 fully saturated rings. The lowest BCUT2D eigenvalue weighted by atomic mass is 10.1. The van der Waals surface area contributed by atoms with E-state index in [0.717, 1.165) is 44.2 Å². The number of anilines is 1. The molecule has 0 bridgehead atoms. The highest BCUT2D eigenvalue weighted by Gasteiger charge is 2.25. The zero-order valence-electron chi connectivity index (χ0n) is 13.9. The molecule has 3 rings (SSSR count). The lowest BCUT2D eigenvalue weighted by Crippen LogP contribution is -2.16. The molecule has 2 aromatic rings. The Labute approximate surface area is 171 Å². The minimum absolute atomic E-state index is 0.328. The number of thiophene rings is 1. The van der Waals surface area contributed by atoms with Crippen LogP contribution in [-0.4, -0.2) is 18.9 Å². The van der Waals surface area contributed by atoms with E-state index in [1.54, 1.807) is 13.2 Å². The monoisotopic (exact) mass is 498 g/mol. The Morgan fingerprint density at radius 1 is 1.31 bits per heavy atom. The number of aryl methyl sites for hydroxylation is 1. The number of nitrogens with one attached hydrogen (secondary N) is 1. The van der Waals surface area contributed by atoms with Crippen LogP contribution in [0.5, 0.6) is 5.75 Å². The van der Waals surface area contributed by atoms with Crippen molar-refractivity contribution in [1.29, 1.82) is 0 Å². The third-order valence-electron chi connectivity index (χ3n) is 4.06. The van der Waals surface area contributed by atoms with Crippen LogP contribution in [0.25, 0.3) is 6.08 Å². The van der Waals surface area contributed by atoms with Crippen molar-refractivity contribution in [3.05, 3.63) is 48.7 Å². The number of halogens is 2. The van der Waals surface area contributed by atoms with Crippen LogP contribution < -0.4 is 15.8 Å². The molecule has 1 aromatic carbocycles. The molecule has 0 spiro atoms. The molecule has 0 atom stereocenters. The number of ether oxygens (including phenoxy) is 1. The summed E-state index contributed by atoms with van der Waals surface area (Å²) in [5.41, 5.74) is 7.70. The number of methoxy groups -OCH3 is 1. The third kappa shape index (κ3) is 3.87. The first-order chi connectivity index (χ1) is 12.4. The Bertz CT molecular complexity index is 922. The van der Waals surface area contributed by atoms with Gasteiger partial charge in [-0.2, -0.15) is 0 Å². The number of carbonyl (C=O) groups is 2. The highest BCUT2D eigenvalue weighted by atomic mass is 79.9. The van der Waals surface area contributed by atoms with Crippen LogP contribution in [-0.2, 0) is 17.6 Å². The van der Waals surface area contributed by atoms with E-state index in [4.69, 9.17) is 10.5 Å². The van der Waals surface area contributed by atoms with Crippen molar-refractivity contribution in [1.82, 2.24) is 0 Å². The number of hydrogen-bond acceptors (Lipinski definition) is 4. The van der Waals surface area contributed by atoms with Gasteiger partial charge < -0.3 is 15.8 Å². The van der Waals surface area contributed by atoms with Crippen LogP contribution >= 0.6 is 43.2 Å². The van der Waals surface area contributed by atoms with E-state index < -0.39 is 5.91 Å². The van der Waals surface area contributed by atoms with Gasteiger partial charge in [0.2, 0.25) is 5.91 Å². The highest BCUT2D eigenvalue weighted by molar-refractivity contribution is 9.11. The summed E-state index contributed by atoms with van der Waals surface area (Å²) >= 11 is 8.28. The van der Waals surface area contributed by atoms with Crippen molar-refractivity contribution in [2.75, 3.05) is 12.4 Å². The van der Waals surface area contributed by atoms with Crippen molar-refractivity contribution in [3.8, 4) is 5.75 Å². The molecule has 26 heavy (non-hydrogen) atoms. The fraction of sp³-hybridized carbons (Fsp3) is 0.222. The average molecular weight is 500 g/mol. The maximum absolute atomic E-state index is 12.3. The number of primary amides is 1. The second-order valence-corrected chi connectivity index (χ2v) is 8.63. The number of fused-ring (bicyclic) bond motifs is 1. The summed E-state index contributed by atoms with van der Waals surface area (Å²) in [6.07, 6.45) is 5.85. The third-order valence-corrected chi connectivity index (χ3v) is 6.31. The lowest BCUT2D eigenvalue weighted by molar-refractivity contribution is -0.111. The maximum Gasteiger partial charge on any atom is 0.251 e. The predicted octanol–water partition coefficient (Wildman–Crippen LogP) is 4.52. The first kappa shape index (κ1) is 19.1. The van der Waals surface area contributed by atoms with E-state index in [1.165, 1.54) is 17.4 Å². The molecule has 0 unspecified atom stereocenters. The molecule has 0 saturated carbocycles. The quantitative estimate of drug-likeness (QED) is 0.593. The molecule has 0 radical (unpaired) electrons. The summed E-state index contributed by atoms with van der Waals surface area (Å²) in [4.78, 5) is 25.3. The Morgan fingerprint density at radius 2 is 2.08 bits per heavy atom. The largest absolute Gasteiger partial charge is 0.495 e. The van der Waals surface area contributed by atoms with Gasteiger partial charge in [-0.1, -0.05) is 15.9 Å². The minimum atomic E-state index is -0.499. The average Bonchev–Trinajstić information content (AvgIpc) is 3.12. The molecule has 136 valence electrons. The van der Waals surface area contributed by atoms with Gasteiger partial charge in [0.15, 0.2) is 0 Å². The summed E-state index contributed by atoms with van der Waals surface area (Å²) in [7, 11) is 1.57. The van der Waals surface area contributed by atoms with E-state index in [0.29, 0.717) is 16.3 Å².